The Morgan fingerprint density at radius 2 is 1.90 bits per heavy atom. The largest absolute Gasteiger partial charge is 0.336 e. The molecule has 0 atom stereocenters. The summed E-state index contributed by atoms with van der Waals surface area (Å²) in [6.07, 6.45) is 1.14. The van der Waals surface area contributed by atoms with Gasteiger partial charge in [-0.25, -0.2) is 13.2 Å². The van der Waals surface area contributed by atoms with Crippen molar-refractivity contribution in [2.24, 2.45) is 0 Å². The number of allylic oxidation sites excluding steroid dienone is 3. The van der Waals surface area contributed by atoms with Crippen LogP contribution in [0.1, 0.15) is 18.1 Å². The zero-order chi connectivity index (χ0) is 14.9. The van der Waals surface area contributed by atoms with Crippen molar-refractivity contribution in [3.05, 3.63) is 65.1 Å². The van der Waals surface area contributed by atoms with Crippen molar-refractivity contribution in [3.63, 3.8) is 0 Å². The van der Waals surface area contributed by atoms with Crippen LogP contribution < -0.4 is 0 Å². The lowest BCUT2D eigenvalue weighted by Crippen LogP contribution is -2.29. The summed E-state index contributed by atoms with van der Waals surface area (Å²) >= 11 is 0. The SMILES string of the molecule is C=C1C(C)=CC=C(c2ccc(F)cc2C)N1CC(F)F. The van der Waals surface area contributed by atoms with Crippen LogP contribution in [0.3, 0.4) is 0 Å². The maximum Gasteiger partial charge on any atom is 0.256 e. The predicted molar refractivity (Wildman–Crippen MR) is 74.7 cm³/mol. The Kier molecular flexibility index (Phi) is 4.02. The second-order valence-electron chi connectivity index (χ2n) is 4.81. The van der Waals surface area contributed by atoms with Gasteiger partial charge in [-0.15, -0.1) is 0 Å². The Morgan fingerprint density at radius 3 is 2.50 bits per heavy atom. The fourth-order valence-corrected chi connectivity index (χ4v) is 2.24. The van der Waals surface area contributed by atoms with Gasteiger partial charge in [0.2, 0.25) is 0 Å². The number of halogens is 3. The van der Waals surface area contributed by atoms with Gasteiger partial charge in [-0.1, -0.05) is 12.7 Å². The number of aryl methyl sites for hydroxylation is 1. The van der Waals surface area contributed by atoms with Crippen LogP contribution in [0.4, 0.5) is 13.2 Å². The summed E-state index contributed by atoms with van der Waals surface area (Å²) in [7, 11) is 0. The van der Waals surface area contributed by atoms with E-state index in [1.807, 2.05) is 13.0 Å². The van der Waals surface area contributed by atoms with Gasteiger partial charge in [0.05, 0.1) is 6.54 Å². The lowest BCUT2D eigenvalue weighted by Gasteiger charge is -2.32. The van der Waals surface area contributed by atoms with E-state index < -0.39 is 13.0 Å². The van der Waals surface area contributed by atoms with Crippen LogP contribution in [0.5, 0.6) is 0 Å². The molecule has 4 heteroatoms. The summed E-state index contributed by atoms with van der Waals surface area (Å²) in [5, 5.41) is 0. The van der Waals surface area contributed by atoms with Gasteiger partial charge < -0.3 is 4.90 Å². The summed E-state index contributed by atoms with van der Waals surface area (Å²) in [6.45, 7) is 7.02. The van der Waals surface area contributed by atoms with Crippen LogP contribution in [0.2, 0.25) is 0 Å². The van der Waals surface area contributed by atoms with Crippen LogP contribution >= 0.6 is 0 Å². The molecular formula is C16H16F3N. The van der Waals surface area contributed by atoms with Crippen LogP contribution in [0.25, 0.3) is 5.70 Å². The predicted octanol–water partition coefficient (Wildman–Crippen LogP) is 4.52. The molecule has 1 aromatic carbocycles. The summed E-state index contributed by atoms with van der Waals surface area (Å²) in [5.74, 6) is -0.339. The van der Waals surface area contributed by atoms with Gasteiger partial charge in [0.15, 0.2) is 0 Å². The lowest BCUT2D eigenvalue weighted by atomic mass is 9.99. The van der Waals surface area contributed by atoms with Gasteiger partial charge in [-0.05, 0) is 49.3 Å². The third-order valence-corrected chi connectivity index (χ3v) is 3.35. The summed E-state index contributed by atoms with van der Waals surface area (Å²) in [6, 6.07) is 4.33. The van der Waals surface area contributed by atoms with E-state index in [2.05, 4.69) is 6.58 Å². The first-order valence-corrected chi connectivity index (χ1v) is 6.30. The molecule has 20 heavy (non-hydrogen) atoms. The van der Waals surface area contributed by atoms with E-state index in [-0.39, 0.29) is 5.82 Å². The fraction of sp³-hybridized carbons (Fsp3) is 0.250. The van der Waals surface area contributed by atoms with Crippen molar-refractivity contribution in [1.29, 1.82) is 0 Å². The van der Waals surface area contributed by atoms with E-state index in [9.17, 15) is 13.2 Å². The van der Waals surface area contributed by atoms with Crippen molar-refractivity contribution in [3.8, 4) is 0 Å². The molecule has 0 saturated heterocycles. The molecule has 0 unspecified atom stereocenters. The quantitative estimate of drug-likeness (QED) is 0.786. The highest BCUT2D eigenvalue weighted by molar-refractivity contribution is 5.72. The Hall–Kier alpha value is -1.97. The third kappa shape index (κ3) is 2.79. The van der Waals surface area contributed by atoms with Crippen molar-refractivity contribution in [2.45, 2.75) is 20.3 Å². The number of alkyl halides is 2. The summed E-state index contributed by atoms with van der Waals surface area (Å²) < 4.78 is 38.7. The Bertz CT molecular complexity index is 600. The van der Waals surface area contributed by atoms with Gasteiger partial charge in [0.25, 0.3) is 6.43 Å². The molecule has 0 N–H and O–H groups in total. The molecule has 0 spiro atoms. The average Bonchev–Trinajstić information content (AvgIpc) is 2.36. The molecule has 0 saturated carbocycles. The van der Waals surface area contributed by atoms with E-state index in [0.717, 1.165) is 11.1 Å². The molecule has 2 rings (SSSR count). The Morgan fingerprint density at radius 1 is 1.20 bits per heavy atom. The minimum absolute atomic E-state index is 0.339. The van der Waals surface area contributed by atoms with Gasteiger partial charge in [-0.3, -0.25) is 0 Å². The van der Waals surface area contributed by atoms with Crippen molar-refractivity contribution in [1.82, 2.24) is 4.90 Å². The third-order valence-electron chi connectivity index (χ3n) is 3.35. The lowest BCUT2D eigenvalue weighted by molar-refractivity contribution is 0.123. The molecule has 0 fully saturated rings. The van der Waals surface area contributed by atoms with E-state index in [1.165, 1.54) is 17.0 Å². The first-order chi connectivity index (χ1) is 9.40. The van der Waals surface area contributed by atoms with Gasteiger partial charge in [0.1, 0.15) is 5.82 Å². The van der Waals surface area contributed by atoms with Crippen LogP contribution in [-0.2, 0) is 0 Å². The van der Waals surface area contributed by atoms with Gasteiger partial charge in [0, 0.05) is 17.0 Å². The molecule has 106 valence electrons. The van der Waals surface area contributed by atoms with Crippen LogP contribution in [0.15, 0.2) is 48.2 Å². The highest BCUT2D eigenvalue weighted by atomic mass is 19.3. The molecular weight excluding hydrogens is 263 g/mol. The smallest absolute Gasteiger partial charge is 0.256 e. The highest BCUT2D eigenvalue weighted by Crippen LogP contribution is 2.32. The monoisotopic (exact) mass is 279 g/mol. The number of hydrogen-bond donors (Lipinski definition) is 0. The maximum atomic E-state index is 13.2. The molecule has 0 bridgehead atoms. The number of benzene rings is 1. The maximum absolute atomic E-state index is 13.2. The Labute approximate surface area is 116 Å². The van der Waals surface area contributed by atoms with Crippen LogP contribution in [0, 0.1) is 12.7 Å². The molecule has 1 nitrogen and oxygen atoms in total. The van der Waals surface area contributed by atoms with Gasteiger partial charge in [-0.2, -0.15) is 0 Å². The van der Waals surface area contributed by atoms with E-state index in [0.29, 0.717) is 17.0 Å². The Balaban J connectivity index is 2.48. The van der Waals surface area contributed by atoms with E-state index >= 15 is 0 Å². The van der Waals surface area contributed by atoms with Crippen molar-refractivity contribution < 1.29 is 13.2 Å². The van der Waals surface area contributed by atoms with Gasteiger partial charge >= 0.3 is 0 Å². The average molecular weight is 279 g/mol. The summed E-state index contributed by atoms with van der Waals surface area (Å²) in [5.41, 5.74) is 3.45. The topological polar surface area (TPSA) is 3.24 Å². The summed E-state index contributed by atoms with van der Waals surface area (Å²) in [4.78, 5) is 1.49. The van der Waals surface area contributed by atoms with E-state index in [4.69, 9.17) is 0 Å². The zero-order valence-corrected chi connectivity index (χ0v) is 11.5. The molecule has 1 aliphatic rings. The fourth-order valence-electron chi connectivity index (χ4n) is 2.24. The van der Waals surface area contributed by atoms with Crippen molar-refractivity contribution in [2.75, 3.05) is 6.54 Å². The molecule has 1 heterocycles. The second kappa shape index (κ2) is 5.57. The molecule has 1 aromatic rings. The molecule has 0 aromatic heterocycles. The first kappa shape index (κ1) is 14.4. The number of rotatable bonds is 3. The zero-order valence-electron chi connectivity index (χ0n) is 11.5. The van der Waals surface area contributed by atoms with E-state index in [1.54, 1.807) is 19.1 Å². The van der Waals surface area contributed by atoms with Crippen molar-refractivity contribution >= 4 is 5.70 Å². The first-order valence-electron chi connectivity index (χ1n) is 6.30. The normalized spacial score (nSPS) is 15.5. The number of nitrogens with zero attached hydrogens (tertiary/aromatic N) is 1. The van der Waals surface area contributed by atoms with Crippen LogP contribution in [-0.4, -0.2) is 17.9 Å². The molecule has 0 aliphatic carbocycles. The second-order valence-corrected chi connectivity index (χ2v) is 4.81. The minimum Gasteiger partial charge on any atom is -0.336 e. The molecule has 0 radical (unpaired) electrons. The standard InChI is InChI=1S/C16H16F3N/c1-10-4-7-15(20(12(10)3)9-16(18)19)14-6-5-13(17)8-11(14)2/h4-8,16H,3,9H2,1-2H3. The molecule has 1 aliphatic heterocycles. The minimum atomic E-state index is -2.47. The molecule has 0 amide bonds. The number of hydrogen-bond acceptors (Lipinski definition) is 1. The highest BCUT2D eigenvalue weighted by Gasteiger charge is 2.23.